The summed E-state index contributed by atoms with van der Waals surface area (Å²) in [5.41, 5.74) is 3.48. The van der Waals surface area contributed by atoms with E-state index < -0.39 is 17.7 Å². The number of aliphatic carboxylic acids is 1. The van der Waals surface area contributed by atoms with E-state index in [1.165, 1.54) is 48.0 Å². The number of alkyl halides is 3. The Labute approximate surface area is 248 Å². The van der Waals surface area contributed by atoms with Crippen molar-refractivity contribution in [3.63, 3.8) is 0 Å². The number of carbonyl (C=O) groups excluding carboxylic acids is 1. The smallest absolute Gasteiger partial charge is 0.430 e. The molecule has 1 aromatic carbocycles. The molecule has 0 amide bonds. The van der Waals surface area contributed by atoms with Gasteiger partial charge in [0.2, 0.25) is 0 Å². The largest absolute Gasteiger partial charge is 0.542 e. The number of ether oxygens (including phenoxy) is 3. The summed E-state index contributed by atoms with van der Waals surface area (Å²) in [5.74, 6) is -0.804. The predicted molar refractivity (Wildman–Crippen MR) is 144 cm³/mol. The van der Waals surface area contributed by atoms with Crippen LogP contribution in [0.15, 0.2) is 35.1 Å². The molecular formula is C32H38F3NO7. The Morgan fingerprint density at radius 2 is 1.98 bits per heavy atom. The summed E-state index contributed by atoms with van der Waals surface area (Å²) in [6, 6.07) is 6.61. The first-order valence-corrected chi connectivity index (χ1v) is 15.2. The lowest BCUT2D eigenvalue weighted by Gasteiger charge is -2.74. The number of halogens is 3. The highest BCUT2D eigenvalue weighted by molar-refractivity contribution is 5.70. The number of phenolic OH excluding ortho intramolecular Hbond substituents is 1. The summed E-state index contributed by atoms with van der Waals surface area (Å²) in [6.45, 7) is 3.72. The molecule has 4 bridgehead atoms. The molecule has 5 fully saturated rings. The minimum Gasteiger partial charge on any atom is -0.542 e. The molecule has 3 heterocycles. The Hall–Kier alpha value is -2.76. The van der Waals surface area contributed by atoms with Gasteiger partial charge in [-0.05, 0) is 49.8 Å². The van der Waals surface area contributed by atoms with Crippen LogP contribution in [0.25, 0.3) is 0 Å². The zero-order valence-electron chi connectivity index (χ0n) is 24.5. The number of benzene rings is 1. The molecule has 4 saturated carbocycles. The molecule has 5 aliphatic carbocycles. The van der Waals surface area contributed by atoms with E-state index in [0.717, 1.165) is 42.9 Å². The highest BCUT2D eigenvalue weighted by Gasteiger charge is 2.83. The number of carboxylic acids is 1. The van der Waals surface area contributed by atoms with Crippen molar-refractivity contribution in [1.82, 2.24) is 0 Å². The fourth-order valence-electron chi connectivity index (χ4n) is 10.1. The van der Waals surface area contributed by atoms with Crippen molar-refractivity contribution in [2.75, 3.05) is 33.9 Å². The monoisotopic (exact) mass is 605 g/mol. The van der Waals surface area contributed by atoms with Crippen LogP contribution in [-0.4, -0.2) is 73.3 Å². The van der Waals surface area contributed by atoms with Crippen molar-refractivity contribution in [3.8, 4) is 11.5 Å². The van der Waals surface area contributed by atoms with Crippen LogP contribution < -0.4 is 9.84 Å². The Bertz CT molecular complexity index is 1410. The van der Waals surface area contributed by atoms with Crippen LogP contribution in [0.2, 0.25) is 0 Å². The Balaban J connectivity index is 0.000000386. The number of nitrogens with zero attached hydrogens (tertiary/aromatic N) is 1. The van der Waals surface area contributed by atoms with Crippen LogP contribution >= 0.6 is 0 Å². The molecule has 7 atom stereocenters. The number of fused-ring (bicyclic) bond motifs is 2. The number of phenols is 1. The molecule has 1 saturated heterocycles. The van der Waals surface area contributed by atoms with E-state index in [-0.39, 0.29) is 22.9 Å². The van der Waals surface area contributed by atoms with Gasteiger partial charge in [-0.3, -0.25) is 0 Å². The molecular weight excluding hydrogens is 567 g/mol. The molecule has 7 aliphatic rings. The molecule has 2 aromatic rings. The number of furan rings is 1. The highest BCUT2D eigenvalue weighted by atomic mass is 19.4. The Morgan fingerprint density at radius 1 is 1.21 bits per heavy atom. The average Bonchev–Trinajstić information content (AvgIpc) is 3.45. The van der Waals surface area contributed by atoms with E-state index in [2.05, 4.69) is 13.1 Å². The molecule has 2 spiro atoms. The second-order valence-corrected chi connectivity index (χ2v) is 13.9. The lowest BCUT2D eigenvalue weighted by molar-refractivity contribution is -0.952. The average molecular weight is 606 g/mol. The van der Waals surface area contributed by atoms with Gasteiger partial charge in [0.05, 0.1) is 57.3 Å². The van der Waals surface area contributed by atoms with Crippen molar-refractivity contribution in [2.45, 2.75) is 80.9 Å². The number of carbonyl (C=O) groups is 1. The summed E-state index contributed by atoms with van der Waals surface area (Å²) in [7, 11) is 4.43. The molecule has 43 heavy (non-hydrogen) atoms. The van der Waals surface area contributed by atoms with Gasteiger partial charge in [-0.2, -0.15) is 13.2 Å². The number of likely N-dealkylation sites (tertiary alicyclic amines) is 1. The quantitative estimate of drug-likeness (QED) is 0.479. The molecule has 234 valence electrons. The van der Waals surface area contributed by atoms with E-state index in [4.69, 9.17) is 28.5 Å². The molecule has 0 radical (unpaired) electrons. The highest BCUT2D eigenvalue weighted by Crippen LogP contribution is 2.77. The molecule has 9 rings (SSSR count). The molecule has 1 aromatic heterocycles. The number of methoxy groups -OCH3 is 1. The van der Waals surface area contributed by atoms with Crippen LogP contribution in [0, 0.1) is 17.3 Å². The second-order valence-electron chi connectivity index (χ2n) is 13.9. The van der Waals surface area contributed by atoms with Crippen molar-refractivity contribution in [3.05, 3.63) is 47.4 Å². The molecule has 1 unspecified atom stereocenters. The summed E-state index contributed by atoms with van der Waals surface area (Å²) >= 11 is 0. The van der Waals surface area contributed by atoms with Gasteiger partial charge < -0.3 is 38.1 Å². The second kappa shape index (κ2) is 9.62. The van der Waals surface area contributed by atoms with Crippen LogP contribution in [0.4, 0.5) is 13.2 Å². The van der Waals surface area contributed by atoms with Crippen LogP contribution in [-0.2, 0) is 32.7 Å². The third kappa shape index (κ3) is 4.03. The van der Waals surface area contributed by atoms with Crippen molar-refractivity contribution < 1.29 is 51.3 Å². The van der Waals surface area contributed by atoms with Gasteiger partial charge in [-0.25, -0.2) is 0 Å². The normalized spacial score (nSPS) is 38.1. The van der Waals surface area contributed by atoms with E-state index in [0.29, 0.717) is 25.0 Å². The minimum absolute atomic E-state index is 0.0699. The SMILES string of the molecule is CO[C@]12CC[C@@]3(C[C@@H]1COCc1ccoc1)[C@H]1Cc4ccc(O)c5c4[C@@]3(CC[N+]1(C)CC1CC1)[C@H]2O5.O=C([O-])C(F)(F)F. The topological polar surface area (TPSA) is 101 Å². The number of carboxylic acid groups (broad SMARTS) is 1. The maximum Gasteiger partial charge on any atom is 0.430 e. The maximum atomic E-state index is 11.0. The summed E-state index contributed by atoms with van der Waals surface area (Å²) in [4.78, 5) is 8.78. The van der Waals surface area contributed by atoms with Crippen molar-refractivity contribution >= 4 is 5.97 Å². The molecule has 1 N–H and O–H groups in total. The van der Waals surface area contributed by atoms with Crippen LogP contribution in [0.1, 0.15) is 55.2 Å². The summed E-state index contributed by atoms with van der Waals surface area (Å²) in [6.07, 6.45) is 6.50. The zero-order chi connectivity index (χ0) is 30.4. The third-order valence-corrected chi connectivity index (χ3v) is 11.9. The van der Waals surface area contributed by atoms with Crippen LogP contribution in [0.5, 0.6) is 11.5 Å². The number of aromatic hydroxyl groups is 1. The fourth-order valence-corrected chi connectivity index (χ4v) is 10.1. The summed E-state index contributed by atoms with van der Waals surface area (Å²) in [5, 5.41) is 19.8. The molecule has 8 nitrogen and oxygen atoms in total. The van der Waals surface area contributed by atoms with Crippen LogP contribution in [0.3, 0.4) is 0 Å². The number of likely N-dealkylation sites (N-methyl/N-ethyl adjacent to an activating group) is 1. The minimum atomic E-state index is -5.19. The van der Waals surface area contributed by atoms with Crippen molar-refractivity contribution in [1.29, 1.82) is 0 Å². The maximum absolute atomic E-state index is 11.0. The predicted octanol–water partition coefficient (Wildman–Crippen LogP) is 3.87. The van der Waals surface area contributed by atoms with E-state index in [1.807, 2.05) is 19.2 Å². The summed E-state index contributed by atoms with van der Waals surface area (Å²) < 4.78 is 57.8. The lowest BCUT2D eigenvalue weighted by atomic mass is 9.34. The third-order valence-electron chi connectivity index (χ3n) is 11.9. The first-order valence-electron chi connectivity index (χ1n) is 15.2. The lowest BCUT2D eigenvalue weighted by Crippen LogP contribution is -2.83. The van der Waals surface area contributed by atoms with Gasteiger partial charge in [0.15, 0.2) is 11.5 Å². The molecule has 2 aliphatic heterocycles. The zero-order valence-corrected chi connectivity index (χ0v) is 24.5. The van der Waals surface area contributed by atoms with E-state index in [9.17, 15) is 18.3 Å². The van der Waals surface area contributed by atoms with Gasteiger partial charge >= 0.3 is 6.18 Å². The Morgan fingerprint density at radius 3 is 2.63 bits per heavy atom. The van der Waals surface area contributed by atoms with E-state index in [1.54, 1.807) is 12.5 Å². The van der Waals surface area contributed by atoms with Gasteiger partial charge in [-0.1, -0.05) is 6.07 Å². The number of hydrogen-bond acceptors (Lipinski definition) is 7. The van der Waals surface area contributed by atoms with Gasteiger partial charge in [0.25, 0.3) is 0 Å². The van der Waals surface area contributed by atoms with E-state index >= 15 is 0 Å². The van der Waals surface area contributed by atoms with Gasteiger partial charge in [-0.15, -0.1) is 0 Å². The first-order chi connectivity index (χ1) is 20.4. The van der Waals surface area contributed by atoms with Crippen molar-refractivity contribution in [2.24, 2.45) is 17.3 Å². The number of rotatable bonds is 7. The number of piperidine rings is 1. The van der Waals surface area contributed by atoms with Gasteiger partial charge in [0.1, 0.15) is 17.7 Å². The number of hydrogen-bond donors (Lipinski definition) is 1. The standard InChI is InChI=1S/C30H37NO5.C2HF3O2/c1-31(15-19-3-4-19)11-10-29-25-21-5-6-23(32)26(25)36-27(29)30(33-2)9-8-28(29,24(31)13-21)14-22(30)18-35-17-20-7-12-34-16-20;3-2(4,5)1(6)7/h5-7,12,16,19,22,24,27H,3-4,8-11,13-15,17-18H2,1-2H3;(H,6,7)/t22-,24-,27-,28-,29+,30-,31?;/m1./s1. The molecule has 11 heteroatoms. The first kappa shape index (κ1) is 29.0. The number of quaternary nitrogens is 1. The van der Waals surface area contributed by atoms with Gasteiger partial charge in [0, 0.05) is 48.3 Å². The fraction of sp³-hybridized carbons (Fsp3) is 0.656. The Kier molecular flexibility index (Phi) is 6.48.